The summed E-state index contributed by atoms with van der Waals surface area (Å²) < 4.78 is 0. The zero-order chi connectivity index (χ0) is 12.6. The van der Waals surface area contributed by atoms with Gasteiger partial charge in [-0.25, -0.2) is 0 Å². The van der Waals surface area contributed by atoms with Crippen molar-refractivity contribution in [2.24, 2.45) is 22.4 Å². The van der Waals surface area contributed by atoms with Crippen LogP contribution >= 0.6 is 0 Å². The molecule has 2 atom stereocenters. The third kappa shape index (κ3) is 2.18. The average molecular weight is 233 g/mol. The molecule has 2 nitrogen and oxygen atoms in total. The topological polar surface area (TPSA) is 32.6 Å². The minimum Gasteiger partial charge on any atom is -0.411 e. The summed E-state index contributed by atoms with van der Waals surface area (Å²) in [4.78, 5) is 0. The molecule has 94 valence electrons. The van der Waals surface area contributed by atoms with Gasteiger partial charge in [0.1, 0.15) is 0 Å². The van der Waals surface area contributed by atoms with Crippen molar-refractivity contribution in [3.63, 3.8) is 0 Å². The third-order valence-electron chi connectivity index (χ3n) is 4.73. The van der Waals surface area contributed by atoms with Crippen molar-refractivity contribution < 1.29 is 5.21 Å². The molecule has 2 aliphatic rings. The first-order valence-corrected chi connectivity index (χ1v) is 6.52. The van der Waals surface area contributed by atoms with Crippen LogP contribution in [0.1, 0.15) is 46.0 Å². The number of allylic oxidation sites excluding steroid dienone is 2. The van der Waals surface area contributed by atoms with Crippen LogP contribution in [0.15, 0.2) is 29.5 Å². The molecule has 2 rings (SSSR count). The van der Waals surface area contributed by atoms with E-state index in [4.69, 9.17) is 5.21 Å². The Bertz CT molecular complexity index is 378. The summed E-state index contributed by atoms with van der Waals surface area (Å²) in [7, 11) is 0. The molecule has 0 bridgehead atoms. The fourth-order valence-electron chi connectivity index (χ4n) is 3.50. The highest BCUT2D eigenvalue weighted by Crippen LogP contribution is 2.56. The van der Waals surface area contributed by atoms with E-state index in [0.29, 0.717) is 11.3 Å². The maximum Gasteiger partial charge on any atom is 0.0824 e. The minimum atomic E-state index is 0.439. The standard InChI is InChI=1S/C15H23NO/c1-10-6-8-14(16-17)11(2)5-7-13-12(10)9-15(13,3)4/h12-13,17H,1-2,5-9H2,3-4H3/b16-14+. The summed E-state index contributed by atoms with van der Waals surface area (Å²) in [5.74, 6) is 1.40. The third-order valence-corrected chi connectivity index (χ3v) is 4.73. The summed E-state index contributed by atoms with van der Waals surface area (Å²) in [6.07, 6.45) is 5.09. The average Bonchev–Trinajstić information content (AvgIpc) is 2.30. The molecule has 0 heterocycles. The largest absolute Gasteiger partial charge is 0.411 e. The molecule has 0 aromatic rings. The van der Waals surface area contributed by atoms with Crippen LogP contribution in [0.25, 0.3) is 0 Å². The van der Waals surface area contributed by atoms with Crippen LogP contribution in [0.3, 0.4) is 0 Å². The van der Waals surface area contributed by atoms with E-state index in [9.17, 15) is 0 Å². The van der Waals surface area contributed by atoms with Crippen molar-refractivity contribution in [3.8, 4) is 0 Å². The van der Waals surface area contributed by atoms with E-state index in [0.717, 1.165) is 42.9 Å². The first-order chi connectivity index (χ1) is 7.95. The molecule has 1 N–H and O–H groups in total. The molecule has 2 unspecified atom stereocenters. The molecule has 0 aromatic carbocycles. The van der Waals surface area contributed by atoms with Crippen LogP contribution in [0, 0.1) is 17.3 Å². The van der Waals surface area contributed by atoms with Gasteiger partial charge in [0, 0.05) is 0 Å². The van der Waals surface area contributed by atoms with E-state index in [1.165, 1.54) is 12.0 Å². The Kier molecular flexibility index (Phi) is 3.15. The van der Waals surface area contributed by atoms with E-state index in [1.54, 1.807) is 0 Å². The molecule has 17 heavy (non-hydrogen) atoms. The number of rotatable bonds is 0. The van der Waals surface area contributed by atoms with Crippen molar-refractivity contribution in [2.45, 2.75) is 46.0 Å². The summed E-state index contributed by atoms with van der Waals surface area (Å²) in [6.45, 7) is 13.0. The minimum absolute atomic E-state index is 0.439. The molecular weight excluding hydrogens is 210 g/mol. The quantitative estimate of drug-likeness (QED) is 0.380. The van der Waals surface area contributed by atoms with Crippen LogP contribution in [-0.2, 0) is 0 Å². The Morgan fingerprint density at radius 3 is 2.53 bits per heavy atom. The lowest BCUT2D eigenvalue weighted by molar-refractivity contribution is 0.00412. The fourth-order valence-corrected chi connectivity index (χ4v) is 3.50. The first kappa shape index (κ1) is 12.4. The Hall–Kier alpha value is -1.05. The Morgan fingerprint density at radius 2 is 1.94 bits per heavy atom. The first-order valence-electron chi connectivity index (χ1n) is 6.52. The number of fused-ring (bicyclic) bond motifs is 1. The zero-order valence-corrected chi connectivity index (χ0v) is 11.0. The molecule has 0 saturated heterocycles. The van der Waals surface area contributed by atoms with Gasteiger partial charge in [0.2, 0.25) is 0 Å². The van der Waals surface area contributed by atoms with Gasteiger partial charge in [0.15, 0.2) is 0 Å². The van der Waals surface area contributed by atoms with E-state index in [2.05, 4.69) is 32.2 Å². The normalized spacial score (nSPS) is 35.5. The van der Waals surface area contributed by atoms with Crippen molar-refractivity contribution in [1.82, 2.24) is 0 Å². The van der Waals surface area contributed by atoms with Gasteiger partial charge in [0.05, 0.1) is 5.71 Å². The molecule has 2 fully saturated rings. The molecule has 2 aliphatic carbocycles. The molecule has 2 heteroatoms. The lowest BCUT2D eigenvalue weighted by Gasteiger charge is -2.53. The number of hydrogen-bond acceptors (Lipinski definition) is 2. The Morgan fingerprint density at radius 1 is 1.24 bits per heavy atom. The van der Waals surface area contributed by atoms with E-state index < -0.39 is 0 Å². The number of hydrogen-bond donors (Lipinski definition) is 1. The van der Waals surface area contributed by atoms with Crippen LogP contribution in [0.4, 0.5) is 0 Å². The van der Waals surface area contributed by atoms with E-state index in [-0.39, 0.29) is 0 Å². The van der Waals surface area contributed by atoms with Gasteiger partial charge in [-0.1, -0.05) is 37.7 Å². The molecule has 0 aliphatic heterocycles. The van der Waals surface area contributed by atoms with Gasteiger partial charge >= 0.3 is 0 Å². The zero-order valence-electron chi connectivity index (χ0n) is 11.0. The lowest BCUT2D eigenvalue weighted by atomic mass is 9.52. The van der Waals surface area contributed by atoms with E-state index in [1.807, 2.05) is 0 Å². The predicted molar refractivity (Wildman–Crippen MR) is 71.3 cm³/mol. The van der Waals surface area contributed by atoms with Gasteiger partial charge < -0.3 is 5.21 Å². The molecule has 0 radical (unpaired) electrons. The van der Waals surface area contributed by atoms with Crippen molar-refractivity contribution in [3.05, 3.63) is 24.3 Å². The van der Waals surface area contributed by atoms with Gasteiger partial charge in [-0.2, -0.15) is 0 Å². The summed E-state index contributed by atoms with van der Waals surface area (Å²) in [5.41, 5.74) is 3.55. The van der Waals surface area contributed by atoms with Gasteiger partial charge in [-0.3, -0.25) is 0 Å². The van der Waals surface area contributed by atoms with Crippen LogP contribution in [0.5, 0.6) is 0 Å². The van der Waals surface area contributed by atoms with Crippen molar-refractivity contribution in [1.29, 1.82) is 0 Å². The van der Waals surface area contributed by atoms with E-state index >= 15 is 0 Å². The molecular formula is C15H23NO. The SMILES string of the molecule is C=C1CCC2C(CC2(C)C)C(=C)CC/C1=N\O. The summed E-state index contributed by atoms with van der Waals surface area (Å²) >= 11 is 0. The van der Waals surface area contributed by atoms with Crippen molar-refractivity contribution in [2.75, 3.05) is 0 Å². The Labute approximate surface area is 104 Å². The molecule has 0 aromatic heterocycles. The van der Waals surface area contributed by atoms with Gasteiger partial charge in [-0.05, 0) is 54.9 Å². The summed E-state index contributed by atoms with van der Waals surface area (Å²) in [5, 5.41) is 12.4. The Balaban J connectivity index is 2.17. The molecule has 2 saturated carbocycles. The van der Waals surface area contributed by atoms with Crippen LogP contribution in [-0.4, -0.2) is 10.9 Å². The number of nitrogens with zero attached hydrogens (tertiary/aromatic N) is 1. The fraction of sp³-hybridized carbons (Fsp3) is 0.667. The predicted octanol–water partition coefficient (Wildman–Crippen LogP) is 4.17. The van der Waals surface area contributed by atoms with Crippen LogP contribution in [0.2, 0.25) is 0 Å². The van der Waals surface area contributed by atoms with Crippen molar-refractivity contribution >= 4 is 5.71 Å². The second kappa shape index (κ2) is 4.32. The highest BCUT2D eigenvalue weighted by Gasteiger charge is 2.47. The van der Waals surface area contributed by atoms with Gasteiger partial charge in [0.25, 0.3) is 0 Å². The second-order valence-corrected chi connectivity index (χ2v) is 6.25. The maximum atomic E-state index is 9.00. The second-order valence-electron chi connectivity index (χ2n) is 6.25. The number of oxime groups is 1. The molecule has 0 spiro atoms. The maximum absolute atomic E-state index is 9.00. The van der Waals surface area contributed by atoms with Crippen LogP contribution < -0.4 is 0 Å². The smallest absolute Gasteiger partial charge is 0.0824 e. The highest BCUT2D eigenvalue weighted by molar-refractivity contribution is 5.99. The summed E-state index contributed by atoms with van der Waals surface area (Å²) in [6, 6.07) is 0. The lowest BCUT2D eigenvalue weighted by Crippen LogP contribution is -2.44. The highest BCUT2D eigenvalue weighted by atomic mass is 16.4. The van der Waals surface area contributed by atoms with Gasteiger partial charge in [-0.15, -0.1) is 0 Å². The monoisotopic (exact) mass is 233 g/mol. The molecule has 0 amide bonds.